The minimum Gasteiger partial charge on any atom is -0.365 e. The van der Waals surface area contributed by atoms with E-state index >= 15 is 0 Å². The number of nitrogens with two attached hydrogens (primary N) is 2. The number of hydrogen-bond donors (Lipinski definition) is 4. The van der Waals surface area contributed by atoms with Crippen molar-refractivity contribution in [3.05, 3.63) is 60.2 Å². The molecule has 0 unspecified atom stereocenters. The van der Waals surface area contributed by atoms with Crippen LogP contribution in [0.15, 0.2) is 48.8 Å². The number of aromatic nitrogens is 3. The molecule has 1 aromatic carbocycles. The van der Waals surface area contributed by atoms with Crippen LogP contribution in [0.5, 0.6) is 0 Å². The Morgan fingerprint density at radius 1 is 1.17 bits per heavy atom. The van der Waals surface area contributed by atoms with Crippen LogP contribution < -0.4 is 22.1 Å². The summed E-state index contributed by atoms with van der Waals surface area (Å²) in [7, 11) is 0. The van der Waals surface area contributed by atoms with E-state index in [2.05, 4.69) is 25.6 Å². The average molecular weight is 395 g/mol. The van der Waals surface area contributed by atoms with Gasteiger partial charge in [-0.3, -0.25) is 4.79 Å². The highest BCUT2D eigenvalue weighted by molar-refractivity contribution is 5.98. The third kappa shape index (κ3) is 4.82. The second-order valence-electron chi connectivity index (χ2n) is 6.34. The number of nitrogens with one attached hydrogen (secondary N) is 2. The number of benzene rings is 1. The summed E-state index contributed by atoms with van der Waals surface area (Å²) in [5, 5.41) is 5.99. The maximum absolute atomic E-state index is 14.4. The monoisotopic (exact) mass is 395 g/mol. The van der Waals surface area contributed by atoms with Gasteiger partial charge in [0.15, 0.2) is 17.5 Å². The number of amides is 1. The summed E-state index contributed by atoms with van der Waals surface area (Å²) in [5.41, 5.74) is 12.4. The third-order valence-electron chi connectivity index (χ3n) is 4.31. The molecule has 6 N–H and O–H groups in total. The molecule has 9 heteroatoms. The molecule has 0 aliphatic carbocycles. The third-order valence-corrected chi connectivity index (χ3v) is 4.31. The van der Waals surface area contributed by atoms with Gasteiger partial charge in [0.25, 0.3) is 5.91 Å². The van der Waals surface area contributed by atoms with Crippen molar-refractivity contribution in [2.75, 3.05) is 17.2 Å². The first kappa shape index (κ1) is 20.2. The van der Waals surface area contributed by atoms with Crippen LogP contribution in [0.4, 0.5) is 21.7 Å². The second-order valence-corrected chi connectivity index (χ2v) is 6.34. The van der Waals surface area contributed by atoms with Crippen LogP contribution in [0.2, 0.25) is 0 Å². The molecule has 2 heterocycles. The maximum Gasteiger partial charge on any atom is 0.252 e. The van der Waals surface area contributed by atoms with Gasteiger partial charge in [0.1, 0.15) is 5.82 Å². The first-order valence-electron chi connectivity index (χ1n) is 9.13. The zero-order valence-electron chi connectivity index (χ0n) is 15.9. The highest BCUT2D eigenvalue weighted by Gasteiger charge is 2.18. The lowest BCUT2D eigenvalue weighted by Crippen LogP contribution is -2.29. The quantitative estimate of drug-likeness (QED) is 0.461. The molecule has 29 heavy (non-hydrogen) atoms. The standard InChI is InChI=1S/C20H22FN7O/c1-2-13(11-22)26-20-16(21)10-15(17(23)29)19(28-20)27-14-6-3-5-12(9-14)18-24-7-4-8-25-18/h3-10,13H,2,11,22H2,1H3,(H2,23,29)(H2,26,27,28)/t13-/m1/s1. The molecule has 3 aromatic rings. The summed E-state index contributed by atoms with van der Waals surface area (Å²) >= 11 is 0. The maximum atomic E-state index is 14.4. The van der Waals surface area contributed by atoms with Gasteiger partial charge in [0.05, 0.1) is 5.56 Å². The molecule has 0 saturated heterocycles. The van der Waals surface area contributed by atoms with Gasteiger partial charge in [-0.05, 0) is 30.7 Å². The van der Waals surface area contributed by atoms with E-state index in [1.165, 1.54) is 0 Å². The number of nitrogens with zero attached hydrogens (tertiary/aromatic N) is 3. The van der Waals surface area contributed by atoms with Crippen molar-refractivity contribution < 1.29 is 9.18 Å². The fraction of sp³-hybridized carbons (Fsp3) is 0.200. The zero-order chi connectivity index (χ0) is 20.8. The van der Waals surface area contributed by atoms with E-state index in [9.17, 15) is 9.18 Å². The van der Waals surface area contributed by atoms with Crippen molar-refractivity contribution in [3.63, 3.8) is 0 Å². The van der Waals surface area contributed by atoms with Gasteiger partial charge in [-0.2, -0.15) is 0 Å². The van der Waals surface area contributed by atoms with Crippen molar-refractivity contribution >= 4 is 23.2 Å². The molecule has 150 valence electrons. The van der Waals surface area contributed by atoms with Gasteiger partial charge >= 0.3 is 0 Å². The molecule has 1 amide bonds. The summed E-state index contributed by atoms with van der Waals surface area (Å²) < 4.78 is 14.4. The van der Waals surface area contributed by atoms with Crippen LogP contribution in [0.1, 0.15) is 23.7 Å². The van der Waals surface area contributed by atoms with Gasteiger partial charge < -0.3 is 22.1 Å². The first-order valence-corrected chi connectivity index (χ1v) is 9.13. The molecule has 0 fully saturated rings. The first-order chi connectivity index (χ1) is 14.0. The summed E-state index contributed by atoms with van der Waals surface area (Å²) in [4.78, 5) is 24.5. The number of primary amides is 1. The SMILES string of the molecule is CC[C@H](CN)Nc1nc(Nc2cccc(-c3ncccn3)c2)c(C(N)=O)cc1F. The Hall–Kier alpha value is -3.59. The Labute approximate surface area is 167 Å². The average Bonchev–Trinajstić information content (AvgIpc) is 2.74. The van der Waals surface area contributed by atoms with Crippen LogP contribution in [0.25, 0.3) is 11.4 Å². The Bertz CT molecular complexity index is 993. The molecule has 0 spiro atoms. The predicted octanol–water partition coefficient (Wildman–Crippen LogP) is 2.67. The fourth-order valence-electron chi connectivity index (χ4n) is 2.72. The van der Waals surface area contributed by atoms with Crippen LogP contribution in [0.3, 0.4) is 0 Å². The van der Waals surface area contributed by atoms with Gasteiger partial charge in [0.2, 0.25) is 0 Å². The Morgan fingerprint density at radius 3 is 2.59 bits per heavy atom. The van der Waals surface area contributed by atoms with Crippen molar-refractivity contribution in [1.29, 1.82) is 0 Å². The number of rotatable bonds is 8. The van der Waals surface area contributed by atoms with Gasteiger partial charge in [0, 0.05) is 36.2 Å². The highest BCUT2D eigenvalue weighted by atomic mass is 19.1. The fourth-order valence-corrected chi connectivity index (χ4v) is 2.72. The van der Waals surface area contributed by atoms with Crippen molar-refractivity contribution in [3.8, 4) is 11.4 Å². The second kappa shape index (κ2) is 9.07. The minimum atomic E-state index is -0.793. The lowest BCUT2D eigenvalue weighted by Gasteiger charge is -2.18. The molecular weight excluding hydrogens is 373 g/mol. The minimum absolute atomic E-state index is 0.00246. The zero-order valence-corrected chi connectivity index (χ0v) is 15.9. The van der Waals surface area contributed by atoms with Crippen LogP contribution in [-0.2, 0) is 0 Å². The molecule has 8 nitrogen and oxygen atoms in total. The molecule has 0 radical (unpaired) electrons. The van der Waals surface area contributed by atoms with E-state index in [1.54, 1.807) is 30.6 Å². The molecular formula is C20H22FN7O. The largest absolute Gasteiger partial charge is 0.365 e. The number of carbonyl (C=O) groups is 1. The van der Waals surface area contributed by atoms with Gasteiger partial charge in [-0.15, -0.1) is 0 Å². The van der Waals surface area contributed by atoms with Crippen molar-refractivity contribution in [2.45, 2.75) is 19.4 Å². The number of carbonyl (C=O) groups excluding carboxylic acids is 1. The summed E-state index contributed by atoms with van der Waals surface area (Å²) in [5.74, 6) is -0.785. The molecule has 0 bridgehead atoms. The van der Waals surface area contributed by atoms with Crippen molar-refractivity contribution in [1.82, 2.24) is 15.0 Å². The number of halogens is 1. The highest BCUT2D eigenvalue weighted by Crippen LogP contribution is 2.26. The van der Waals surface area contributed by atoms with E-state index in [-0.39, 0.29) is 23.2 Å². The van der Waals surface area contributed by atoms with Crippen LogP contribution in [0, 0.1) is 5.82 Å². The molecule has 3 rings (SSSR count). The number of hydrogen-bond acceptors (Lipinski definition) is 7. The lowest BCUT2D eigenvalue weighted by molar-refractivity contribution is 0.100. The van der Waals surface area contributed by atoms with Crippen molar-refractivity contribution in [2.24, 2.45) is 11.5 Å². The van der Waals surface area contributed by atoms with E-state index in [1.807, 2.05) is 19.1 Å². The Balaban J connectivity index is 1.96. The van der Waals surface area contributed by atoms with Crippen LogP contribution >= 0.6 is 0 Å². The predicted molar refractivity (Wildman–Crippen MR) is 110 cm³/mol. The van der Waals surface area contributed by atoms with E-state index in [0.717, 1.165) is 11.6 Å². The van der Waals surface area contributed by atoms with Gasteiger partial charge in [-0.25, -0.2) is 19.3 Å². The van der Waals surface area contributed by atoms with E-state index in [4.69, 9.17) is 11.5 Å². The summed E-state index contributed by atoms with van der Waals surface area (Å²) in [6.07, 6.45) is 3.99. The van der Waals surface area contributed by atoms with Crippen LogP contribution in [-0.4, -0.2) is 33.4 Å². The topological polar surface area (TPSA) is 132 Å². The summed E-state index contributed by atoms with van der Waals surface area (Å²) in [6, 6.07) is 9.88. The lowest BCUT2D eigenvalue weighted by atomic mass is 10.1. The summed E-state index contributed by atoms with van der Waals surface area (Å²) in [6.45, 7) is 2.24. The Morgan fingerprint density at radius 2 is 1.93 bits per heavy atom. The normalized spacial score (nSPS) is 11.7. The Kier molecular flexibility index (Phi) is 6.30. The molecule has 2 aromatic heterocycles. The molecule has 0 aliphatic heterocycles. The molecule has 1 atom stereocenters. The molecule has 0 aliphatic rings. The van der Waals surface area contributed by atoms with E-state index < -0.39 is 11.7 Å². The van der Waals surface area contributed by atoms with Gasteiger partial charge in [-0.1, -0.05) is 19.1 Å². The smallest absolute Gasteiger partial charge is 0.252 e. The number of anilines is 3. The number of pyridine rings is 1. The van der Waals surface area contributed by atoms with E-state index in [0.29, 0.717) is 24.5 Å². The molecule has 0 saturated carbocycles.